The van der Waals surface area contributed by atoms with Gasteiger partial charge in [-0.1, -0.05) is 29.3 Å². The minimum atomic E-state index is 0.415. The zero-order valence-electron chi connectivity index (χ0n) is 9.46. The molecule has 3 nitrogen and oxygen atoms in total. The van der Waals surface area contributed by atoms with Gasteiger partial charge in [0.2, 0.25) is 0 Å². The minimum Gasteiger partial charge on any atom is -0.340 e. The number of halogens is 2. The summed E-state index contributed by atoms with van der Waals surface area (Å²) in [4.78, 5) is 8.23. The summed E-state index contributed by atoms with van der Waals surface area (Å²) in [6.45, 7) is 3.75. The average molecular weight is 268 g/mol. The number of nitrogens with zero attached hydrogens (tertiary/aromatic N) is 2. The lowest BCUT2D eigenvalue weighted by atomic mass is 10.2. The normalized spacial score (nSPS) is 10.4. The Kier molecular flexibility index (Phi) is 3.50. The molecule has 2 rings (SSSR count). The van der Waals surface area contributed by atoms with Crippen LogP contribution in [-0.2, 0) is 0 Å². The van der Waals surface area contributed by atoms with Crippen LogP contribution in [0.4, 0.5) is 11.5 Å². The number of anilines is 2. The van der Waals surface area contributed by atoms with Crippen molar-refractivity contribution in [3.63, 3.8) is 0 Å². The van der Waals surface area contributed by atoms with Crippen molar-refractivity contribution in [1.82, 2.24) is 9.97 Å². The lowest BCUT2D eigenvalue weighted by Gasteiger charge is -2.07. The van der Waals surface area contributed by atoms with E-state index in [1.807, 2.05) is 25.1 Å². The monoisotopic (exact) mass is 267 g/mol. The van der Waals surface area contributed by atoms with Crippen LogP contribution in [0.15, 0.2) is 24.3 Å². The van der Waals surface area contributed by atoms with E-state index in [1.165, 1.54) is 0 Å². The lowest BCUT2D eigenvalue weighted by Crippen LogP contribution is -1.97. The number of nitrogens with one attached hydrogen (secondary N) is 1. The maximum absolute atomic E-state index is 6.04. The Labute approximate surface area is 110 Å². The first-order valence-electron chi connectivity index (χ1n) is 5.09. The average Bonchev–Trinajstić information content (AvgIpc) is 2.22. The standard InChI is InChI=1S/C12H11Cl2N3/c1-7-3-4-9(5-10(7)13)17-12-6-11(14)15-8(2)16-12/h3-6H,1-2H3,(H,15,16,17). The van der Waals surface area contributed by atoms with Crippen LogP contribution >= 0.6 is 23.2 Å². The van der Waals surface area contributed by atoms with Gasteiger partial charge in [0.25, 0.3) is 0 Å². The molecule has 1 aromatic carbocycles. The molecule has 0 amide bonds. The number of aryl methyl sites for hydroxylation is 2. The summed E-state index contributed by atoms with van der Waals surface area (Å²) < 4.78 is 0. The second-order valence-corrected chi connectivity index (χ2v) is 4.51. The third kappa shape index (κ3) is 3.08. The highest BCUT2D eigenvalue weighted by atomic mass is 35.5. The summed E-state index contributed by atoms with van der Waals surface area (Å²) in [6, 6.07) is 7.40. The molecule has 0 aliphatic carbocycles. The number of rotatable bonds is 2. The predicted octanol–water partition coefficient (Wildman–Crippen LogP) is 4.14. The molecule has 2 aromatic rings. The zero-order chi connectivity index (χ0) is 12.4. The van der Waals surface area contributed by atoms with Crippen molar-refractivity contribution < 1.29 is 0 Å². The van der Waals surface area contributed by atoms with E-state index in [4.69, 9.17) is 23.2 Å². The molecular formula is C12H11Cl2N3. The molecule has 1 heterocycles. The van der Waals surface area contributed by atoms with E-state index in [0.717, 1.165) is 11.3 Å². The Morgan fingerprint density at radius 2 is 1.82 bits per heavy atom. The van der Waals surface area contributed by atoms with Crippen LogP contribution in [0.1, 0.15) is 11.4 Å². The van der Waals surface area contributed by atoms with Crippen molar-refractivity contribution in [2.75, 3.05) is 5.32 Å². The van der Waals surface area contributed by atoms with Crippen LogP contribution in [0.2, 0.25) is 10.2 Å². The highest BCUT2D eigenvalue weighted by Crippen LogP contribution is 2.23. The van der Waals surface area contributed by atoms with Crippen molar-refractivity contribution in [2.45, 2.75) is 13.8 Å². The molecule has 0 bridgehead atoms. The molecule has 5 heteroatoms. The van der Waals surface area contributed by atoms with Gasteiger partial charge in [0.15, 0.2) is 0 Å². The Morgan fingerprint density at radius 1 is 1.06 bits per heavy atom. The molecule has 1 aromatic heterocycles. The first-order valence-corrected chi connectivity index (χ1v) is 5.84. The third-order valence-corrected chi connectivity index (χ3v) is 2.85. The Hall–Kier alpha value is -1.32. The van der Waals surface area contributed by atoms with Gasteiger partial charge in [-0.2, -0.15) is 0 Å². The molecule has 0 atom stereocenters. The van der Waals surface area contributed by atoms with Gasteiger partial charge in [0, 0.05) is 16.8 Å². The van der Waals surface area contributed by atoms with E-state index >= 15 is 0 Å². The molecule has 1 N–H and O–H groups in total. The topological polar surface area (TPSA) is 37.8 Å². The molecule has 0 aliphatic rings. The van der Waals surface area contributed by atoms with Crippen molar-refractivity contribution in [3.8, 4) is 0 Å². The number of hydrogen-bond acceptors (Lipinski definition) is 3. The smallest absolute Gasteiger partial charge is 0.135 e. The molecule has 0 saturated heterocycles. The SMILES string of the molecule is Cc1nc(Cl)cc(Nc2ccc(C)c(Cl)c2)n1. The van der Waals surface area contributed by atoms with Crippen LogP contribution in [0, 0.1) is 13.8 Å². The van der Waals surface area contributed by atoms with E-state index in [1.54, 1.807) is 13.0 Å². The van der Waals surface area contributed by atoms with E-state index in [2.05, 4.69) is 15.3 Å². The van der Waals surface area contributed by atoms with Gasteiger partial charge < -0.3 is 5.32 Å². The van der Waals surface area contributed by atoms with Gasteiger partial charge in [0.05, 0.1) is 0 Å². The van der Waals surface area contributed by atoms with Crippen molar-refractivity contribution in [3.05, 3.63) is 45.8 Å². The number of hydrogen-bond donors (Lipinski definition) is 1. The fraction of sp³-hybridized carbons (Fsp3) is 0.167. The maximum Gasteiger partial charge on any atom is 0.135 e. The summed E-state index contributed by atoms with van der Waals surface area (Å²) in [5, 5.41) is 4.26. The van der Waals surface area contributed by atoms with E-state index in [0.29, 0.717) is 21.8 Å². The summed E-state index contributed by atoms with van der Waals surface area (Å²) in [5.41, 5.74) is 1.91. The highest BCUT2D eigenvalue weighted by molar-refractivity contribution is 6.31. The second-order valence-electron chi connectivity index (χ2n) is 3.71. The molecule has 0 saturated carbocycles. The largest absolute Gasteiger partial charge is 0.340 e. The summed E-state index contributed by atoms with van der Waals surface area (Å²) in [7, 11) is 0. The van der Waals surface area contributed by atoms with Gasteiger partial charge in [-0.25, -0.2) is 9.97 Å². The Morgan fingerprint density at radius 3 is 2.47 bits per heavy atom. The highest BCUT2D eigenvalue weighted by Gasteiger charge is 2.02. The molecule has 0 spiro atoms. The summed E-state index contributed by atoms with van der Waals surface area (Å²) >= 11 is 11.9. The van der Waals surface area contributed by atoms with Crippen molar-refractivity contribution in [1.29, 1.82) is 0 Å². The van der Waals surface area contributed by atoms with Crippen LogP contribution in [0.3, 0.4) is 0 Å². The fourth-order valence-electron chi connectivity index (χ4n) is 1.41. The molecular weight excluding hydrogens is 257 g/mol. The molecule has 0 aliphatic heterocycles. The lowest BCUT2D eigenvalue weighted by molar-refractivity contribution is 1.06. The van der Waals surface area contributed by atoms with Gasteiger partial charge in [-0.05, 0) is 31.5 Å². The van der Waals surface area contributed by atoms with Gasteiger partial charge in [-0.3, -0.25) is 0 Å². The molecule has 0 radical (unpaired) electrons. The van der Waals surface area contributed by atoms with E-state index in [9.17, 15) is 0 Å². The predicted molar refractivity (Wildman–Crippen MR) is 71.3 cm³/mol. The van der Waals surface area contributed by atoms with E-state index in [-0.39, 0.29) is 0 Å². The van der Waals surface area contributed by atoms with Crippen molar-refractivity contribution in [2.24, 2.45) is 0 Å². The Bertz CT molecular complexity index is 535. The maximum atomic E-state index is 6.04. The number of aromatic nitrogens is 2. The molecule has 0 unspecified atom stereocenters. The number of benzene rings is 1. The quantitative estimate of drug-likeness (QED) is 0.831. The second kappa shape index (κ2) is 4.90. The van der Waals surface area contributed by atoms with Crippen LogP contribution in [0.25, 0.3) is 0 Å². The van der Waals surface area contributed by atoms with Crippen LogP contribution < -0.4 is 5.32 Å². The van der Waals surface area contributed by atoms with Crippen molar-refractivity contribution >= 4 is 34.7 Å². The van der Waals surface area contributed by atoms with Gasteiger partial charge in [0.1, 0.15) is 16.8 Å². The molecule has 88 valence electrons. The fourth-order valence-corrected chi connectivity index (χ4v) is 1.82. The summed E-state index contributed by atoms with van der Waals surface area (Å²) in [5.74, 6) is 1.28. The first kappa shape index (κ1) is 12.1. The molecule has 0 fully saturated rings. The minimum absolute atomic E-state index is 0.415. The molecule has 17 heavy (non-hydrogen) atoms. The van der Waals surface area contributed by atoms with Gasteiger partial charge in [-0.15, -0.1) is 0 Å². The van der Waals surface area contributed by atoms with Crippen LogP contribution in [-0.4, -0.2) is 9.97 Å². The summed E-state index contributed by atoms with van der Waals surface area (Å²) in [6.07, 6.45) is 0. The Balaban J connectivity index is 2.28. The zero-order valence-corrected chi connectivity index (χ0v) is 11.0. The van der Waals surface area contributed by atoms with E-state index < -0.39 is 0 Å². The third-order valence-electron chi connectivity index (χ3n) is 2.25. The van der Waals surface area contributed by atoms with Crippen LogP contribution in [0.5, 0.6) is 0 Å². The van der Waals surface area contributed by atoms with Gasteiger partial charge >= 0.3 is 0 Å². The first-order chi connectivity index (χ1) is 8.04.